The van der Waals surface area contributed by atoms with Crippen LogP contribution in [0.15, 0.2) is 48.5 Å². The Kier molecular flexibility index (Phi) is 4.86. The third-order valence-electron chi connectivity index (χ3n) is 3.92. The number of hydrogen-bond donors (Lipinski definition) is 1. The highest BCUT2D eigenvalue weighted by Gasteiger charge is 2.20. The SMILES string of the molecule is Cc1ccc(CNC(=O)c2c(C)nn(-c3ccccc3)c2Cl)cc1F. The van der Waals surface area contributed by atoms with Crippen LogP contribution >= 0.6 is 11.6 Å². The van der Waals surface area contributed by atoms with Crippen molar-refractivity contribution in [3.05, 3.63) is 81.9 Å². The third kappa shape index (κ3) is 3.56. The van der Waals surface area contributed by atoms with Crippen LogP contribution < -0.4 is 5.32 Å². The van der Waals surface area contributed by atoms with E-state index in [1.54, 1.807) is 26.0 Å². The Hall–Kier alpha value is -2.66. The Labute approximate surface area is 150 Å². The lowest BCUT2D eigenvalue weighted by Crippen LogP contribution is -2.23. The number of aromatic nitrogens is 2. The molecule has 1 heterocycles. The topological polar surface area (TPSA) is 46.9 Å². The molecular weight excluding hydrogens is 341 g/mol. The summed E-state index contributed by atoms with van der Waals surface area (Å²) in [6.07, 6.45) is 0. The molecule has 0 saturated heterocycles. The van der Waals surface area contributed by atoms with Crippen molar-refractivity contribution >= 4 is 17.5 Å². The number of para-hydroxylation sites is 1. The van der Waals surface area contributed by atoms with Gasteiger partial charge in [0, 0.05) is 6.54 Å². The Balaban J connectivity index is 1.80. The molecule has 4 nitrogen and oxygen atoms in total. The molecule has 6 heteroatoms. The number of nitrogens with one attached hydrogen (secondary N) is 1. The number of carbonyl (C=O) groups is 1. The Morgan fingerprint density at radius 2 is 1.92 bits per heavy atom. The monoisotopic (exact) mass is 357 g/mol. The molecule has 25 heavy (non-hydrogen) atoms. The van der Waals surface area contributed by atoms with Crippen molar-refractivity contribution in [3.8, 4) is 5.69 Å². The average molecular weight is 358 g/mol. The lowest BCUT2D eigenvalue weighted by Gasteiger charge is -2.07. The van der Waals surface area contributed by atoms with Crippen LogP contribution in [-0.4, -0.2) is 15.7 Å². The number of halogens is 2. The Morgan fingerprint density at radius 1 is 1.20 bits per heavy atom. The second kappa shape index (κ2) is 7.07. The molecule has 128 valence electrons. The summed E-state index contributed by atoms with van der Waals surface area (Å²) >= 11 is 6.37. The first-order valence-corrected chi connectivity index (χ1v) is 8.19. The van der Waals surface area contributed by atoms with E-state index in [0.717, 1.165) is 5.69 Å². The van der Waals surface area contributed by atoms with Crippen LogP contribution in [0.2, 0.25) is 5.15 Å². The van der Waals surface area contributed by atoms with E-state index in [1.807, 2.05) is 30.3 Å². The van der Waals surface area contributed by atoms with Crippen molar-refractivity contribution < 1.29 is 9.18 Å². The van der Waals surface area contributed by atoms with Crippen molar-refractivity contribution in [2.75, 3.05) is 0 Å². The molecule has 0 aliphatic rings. The lowest BCUT2D eigenvalue weighted by molar-refractivity contribution is 0.0950. The molecule has 3 aromatic rings. The quantitative estimate of drug-likeness (QED) is 0.760. The molecular formula is C19H17ClFN3O. The smallest absolute Gasteiger partial charge is 0.256 e. The summed E-state index contributed by atoms with van der Waals surface area (Å²) in [5.41, 5.74) is 2.87. The van der Waals surface area contributed by atoms with Gasteiger partial charge in [-0.1, -0.05) is 41.9 Å². The van der Waals surface area contributed by atoms with E-state index < -0.39 is 0 Å². The van der Waals surface area contributed by atoms with Crippen LogP contribution in [0, 0.1) is 19.7 Å². The van der Waals surface area contributed by atoms with E-state index in [0.29, 0.717) is 22.4 Å². The van der Waals surface area contributed by atoms with Gasteiger partial charge in [0.25, 0.3) is 5.91 Å². The maximum atomic E-state index is 13.6. The largest absolute Gasteiger partial charge is 0.348 e. The molecule has 3 rings (SSSR count). The van der Waals surface area contributed by atoms with Crippen molar-refractivity contribution in [2.24, 2.45) is 0 Å². The summed E-state index contributed by atoms with van der Waals surface area (Å²) in [5, 5.41) is 7.36. The standard InChI is InChI=1S/C19H17ClFN3O/c1-12-8-9-14(10-16(12)21)11-22-19(25)17-13(2)23-24(18(17)20)15-6-4-3-5-7-15/h3-10H,11H2,1-2H3,(H,22,25). The number of rotatable bonds is 4. The van der Waals surface area contributed by atoms with Crippen molar-refractivity contribution in [1.82, 2.24) is 15.1 Å². The van der Waals surface area contributed by atoms with Gasteiger partial charge in [-0.3, -0.25) is 4.79 Å². The zero-order valence-electron chi connectivity index (χ0n) is 13.9. The minimum atomic E-state index is -0.342. The fourth-order valence-electron chi connectivity index (χ4n) is 2.51. The highest BCUT2D eigenvalue weighted by atomic mass is 35.5. The van der Waals surface area contributed by atoms with Crippen LogP contribution in [0.4, 0.5) is 4.39 Å². The molecule has 1 aromatic heterocycles. The van der Waals surface area contributed by atoms with Gasteiger partial charge in [-0.2, -0.15) is 5.10 Å². The van der Waals surface area contributed by atoms with Gasteiger partial charge in [0.2, 0.25) is 0 Å². The van der Waals surface area contributed by atoms with Crippen LogP contribution in [0.25, 0.3) is 5.69 Å². The summed E-state index contributed by atoms with van der Waals surface area (Å²) in [6.45, 7) is 3.63. The van der Waals surface area contributed by atoms with E-state index in [2.05, 4.69) is 10.4 Å². The zero-order chi connectivity index (χ0) is 18.0. The van der Waals surface area contributed by atoms with E-state index in [1.165, 1.54) is 10.7 Å². The predicted octanol–water partition coefficient (Wildman–Crippen LogP) is 4.21. The fraction of sp³-hybridized carbons (Fsp3) is 0.158. The van der Waals surface area contributed by atoms with Gasteiger partial charge in [0.15, 0.2) is 0 Å². The Bertz CT molecular complexity index is 922. The molecule has 0 atom stereocenters. The number of benzene rings is 2. The molecule has 2 aromatic carbocycles. The van der Waals surface area contributed by atoms with Crippen molar-refractivity contribution in [1.29, 1.82) is 0 Å². The first-order chi connectivity index (χ1) is 12.0. The van der Waals surface area contributed by atoms with E-state index >= 15 is 0 Å². The summed E-state index contributed by atoms with van der Waals surface area (Å²) < 4.78 is 15.1. The van der Waals surface area contributed by atoms with Crippen LogP contribution in [0.5, 0.6) is 0 Å². The van der Waals surface area contributed by atoms with Gasteiger partial charge >= 0.3 is 0 Å². The average Bonchev–Trinajstić information content (AvgIpc) is 2.91. The molecule has 0 aliphatic heterocycles. The van der Waals surface area contributed by atoms with Crippen molar-refractivity contribution in [3.63, 3.8) is 0 Å². The maximum absolute atomic E-state index is 13.6. The first kappa shape index (κ1) is 17.2. The maximum Gasteiger partial charge on any atom is 0.256 e. The minimum Gasteiger partial charge on any atom is -0.348 e. The second-order valence-electron chi connectivity index (χ2n) is 5.76. The van der Waals surface area contributed by atoms with Gasteiger partial charge in [-0.05, 0) is 43.2 Å². The van der Waals surface area contributed by atoms with Crippen LogP contribution in [0.1, 0.15) is 27.2 Å². The normalized spacial score (nSPS) is 10.7. The molecule has 0 aliphatic carbocycles. The zero-order valence-corrected chi connectivity index (χ0v) is 14.6. The predicted molar refractivity (Wildman–Crippen MR) is 95.6 cm³/mol. The molecule has 0 bridgehead atoms. The van der Waals surface area contributed by atoms with Gasteiger partial charge in [0.1, 0.15) is 11.0 Å². The highest BCUT2D eigenvalue weighted by molar-refractivity contribution is 6.33. The molecule has 1 amide bonds. The summed E-state index contributed by atoms with van der Waals surface area (Å²) in [6, 6.07) is 14.2. The Morgan fingerprint density at radius 3 is 2.60 bits per heavy atom. The van der Waals surface area contributed by atoms with E-state index in [4.69, 9.17) is 11.6 Å². The number of carbonyl (C=O) groups excluding carboxylic acids is 1. The first-order valence-electron chi connectivity index (χ1n) is 7.81. The van der Waals surface area contributed by atoms with E-state index in [9.17, 15) is 9.18 Å². The lowest BCUT2D eigenvalue weighted by atomic mass is 10.1. The highest BCUT2D eigenvalue weighted by Crippen LogP contribution is 2.23. The number of aryl methyl sites for hydroxylation is 2. The molecule has 0 fully saturated rings. The van der Waals surface area contributed by atoms with Crippen molar-refractivity contribution in [2.45, 2.75) is 20.4 Å². The second-order valence-corrected chi connectivity index (χ2v) is 6.12. The van der Waals surface area contributed by atoms with Crippen LogP contribution in [-0.2, 0) is 6.54 Å². The molecule has 0 radical (unpaired) electrons. The molecule has 1 N–H and O–H groups in total. The molecule has 0 saturated carbocycles. The summed E-state index contributed by atoms with van der Waals surface area (Å²) in [5.74, 6) is -0.636. The number of amides is 1. The van der Waals surface area contributed by atoms with Gasteiger partial charge in [-0.15, -0.1) is 0 Å². The number of hydrogen-bond acceptors (Lipinski definition) is 2. The van der Waals surface area contributed by atoms with Gasteiger partial charge in [0.05, 0.1) is 16.9 Å². The summed E-state index contributed by atoms with van der Waals surface area (Å²) in [4.78, 5) is 12.5. The van der Waals surface area contributed by atoms with Gasteiger partial charge < -0.3 is 5.32 Å². The number of nitrogens with zero attached hydrogens (tertiary/aromatic N) is 2. The summed E-state index contributed by atoms with van der Waals surface area (Å²) in [7, 11) is 0. The molecule has 0 spiro atoms. The molecule has 0 unspecified atom stereocenters. The van der Waals surface area contributed by atoms with Gasteiger partial charge in [-0.25, -0.2) is 9.07 Å². The van der Waals surface area contributed by atoms with E-state index in [-0.39, 0.29) is 23.4 Å². The third-order valence-corrected chi connectivity index (χ3v) is 4.27. The van der Waals surface area contributed by atoms with Crippen LogP contribution in [0.3, 0.4) is 0 Å². The fourth-order valence-corrected chi connectivity index (χ4v) is 2.87. The minimum absolute atomic E-state index is 0.211.